The lowest BCUT2D eigenvalue weighted by Crippen LogP contribution is -2.47. The van der Waals surface area contributed by atoms with Gasteiger partial charge in [-0.2, -0.15) is 0 Å². The van der Waals surface area contributed by atoms with E-state index in [-0.39, 0.29) is 5.54 Å². The Kier molecular flexibility index (Phi) is 2.12. The molecule has 4 rings (SSSR count). The van der Waals surface area contributed by atoms with Gasteiger partial charge in [0.2, 0.25) is 0 Å². The Labute approximate surface area is 109 Å². The number of aromatic hydroxyl groups is 1. The molecule has 1 aliphatic heterocycles. The molecule has 1 saturated heterocycles. The van der Waals surface area contributed by atoms with Gasteiger partial charge in [0.1, 0.15) is 5.75 Å². The summed E-state index contributed by atoms with van der Waals surface area (Å²) in [6.07, 6.45) is 6.60. The van der Waals surface area contributed by atoms with Crippen molar-refractivity contribution >= 4 is 0 Å². The van der Waals surface area contributed by atoms with Crippen LogP contribution in [-0.4, -0.2) is 23.6 Å². The summed E-state index contributed by atoms with van der Waals surface area (Å²) in [5, 5.41) is 9.87. The van der Waals surface area contributed by atoms with Crippen molar-refractivity contribution < 1.29 is 5.11 Å². The molecule has 2 heteroatoms. The molecule has 1 aromatic rings. The molecule has 0 aromatic heterocycles. The first-order valence-electron chi connectivity index (χ1n) is 7.25. The highest BCUT2D eigenvalue weighted by Crippen LogP contribution is 2.58. The van der Waals surface area contributed by atoms with Crippen molar-refractivity contribution in [2.24, 2.45) is 11.8 Å². The molecule has 18 heavy (non-hydrogen) atoms. The summed E-state index contributed by atoms with van der Waals surface area (Å²) in [6, 6.07) is 6.06. The van der Waals surface area contributed by atoms with Gasteiger partial charge >= 0.3 is 0 Å². The topological polar surface area (TPSA) is 23.5 Å². The molecule has 0 spiro atoms. The molecule has 1 heterocycles. The Morgan fingerprint density at radius 1 is 1.33 bits per heavy atom. The van der Waals surface area contributed by atoms with Gasteiger partial charge in [-0.1, -0.05) is 18.9 Å². The van der Waals surface area contributed by atoms with E-state index < -0.39 is 0 Å². The minimum atomic E-state index is 0.245. The van der Waals surface area contributed by atoms with E-state index in [1.165, 1.54) is 49.8 Å². The van der Waals surface area contributed by atoms with Gasteiger partial charge in [-0.3, -0.25) is 4.90 Å². The fraction of sp³-hybridized carbons (Fsp3) is 0.625. The fourth-order valence-corrected chi connectivity index (χ4v) is 5.10. The summed E-state index contributed by atoms with van der Waals surface area (Å²) in [5.41, 5.74) is 3.17. The zero-order chi connectivity index (χ0) is 12.3. The number of phenolic OH excluding ortho intramolecular Hbond substituents is 1. The molecule has 0 radical (unpaired) electrons. The van der Waals surface area contributed by atoms with E-state index in [9.17, 15) is 5.11 Å². The largest absolute Gasteiger partial charge is 0.508 e. The van der Waals surface area contributed by atoms with E-state index in [4.69, 9.17) is 0 Å². The summed E-state index contributed by atoms with van der Waals surface area (Å²) in [5.74, 6) is 2.10. The highest BCUT2D eigenvalue weighted by molar-refractivity contribution is 5.44. The Morgan fingerprint density at radius 3 is 3.11 bits per heavy atom. The van der Waals surface area contributed by atoms with Gasteiger partial charge in [-0.25, -0.2) is 0 Å². The van der Waals surface area contributed by atoms with Gasteiger partial charge in [0.15, 0.2) is 0 Å². The van der Waals surface area contributed by atoms with Gasteiger partial charge in [0.05, 0.1) is 0 Å². The van der Waals surface area contributed by atoms with Crippen molar-refractivity contribution in [2.75, 3.05) is 13.6 Å². The number of nitrogens with zero attached hydrogens (tertiary/aromatic N) is 1. The predicted octanol–water partition coefficient (Wildman–Crippen LogP) is 2.90. The zero-order valence-electron chi connectivity index (χ0n) is 11.0. The molecular formula is C16H21NO. The van der Waals surface area contributed by atoms with Gasteiger partial charge in [0.25, 0.3) is 0 Å². The first-order chi connectivity index (χ1) is 8.72. The van der Waals surface area contributed by atoms with E-state index in [0.29, 0.717) is 5.75 Å². The van der Waals surface area contributed by atoms with Crippen molar-refractivity contribution in [3.05, 3.63) is 29.3 Å². The van der Waals surface area contributed by atoms with Crippen molar-refractivity contribution in [1.82, 2.24) is 4.90 Å². The number of hydrogen-bond donors (Lipinski definition) is 1. The Hall–Kier alpha value is -1.02. The molecule has 0 amide bonds. The molecule has 1 N–H and O–H groups in total. The van der Waals surface area contributed by atoms with E-state index in [1.54, 1.807) is 0 Å². The van der Waals surface area contributed by atoms with Crippen LogP contribution < -0.4 is 0 Å². The molecular weight excluding hydrogens is 222 g/mol. The normalized spacial score (nSPS) is 38.3. The smallest absolute Gasteiger partial charge is 0.115 e. The third kappa shape index (κ3) is 1.17. The number of rotatable bonds is 0. The maximum absolute atomic E-state index is 9.87. The molecule has 1 aromatic carbocycles. The predicted molar refractivity (Wildman–Crippen MR) is 71.6 cm³/mol. The molecule has 1 saturated carbocycles. The monoisotopic (exact) mass is 243 g/mol. The summed E-state index contributed by atoms with van der Waals surface area (Å²) in [7, 11) is 2.29. The lowest BCUT2D eigenvalue weighted by atomic mass is 9.61. The summed E-state index contributed by atoms with van der Waals surface area (Å²) >= 11 is 0. The van der Waals surface area contributed by atoms with Gasteiger partial charge < -0.3 is 5.11 Å². The Balaban J connectivity index is 1.95. The second kappa shape index (κ2) is 3.51. The van der Waals surface area contributed by atoms with Crippen LogP contribution in [0.1, 0.15) is 36.8 Å². The van der Waals surface area contributed by atoms with Crippen LogP contribution in [0.25, 0.3) is 0 Å². The fourth-order valence-electron chi connectivity index (χ4n) is 5.10. The first kappa shape index (κ1) is 10.9. The molecule has 2 nitrogen and oxygen atoms in total. The minimum Gasteiger partial charge on any atom is -0.508 e. The van der Waals surface area contributed by atoms with Gasteiger partial charge in [0, 0.05) is 12.1 Å². The average Bonchev–Trinajstić information content (AvgIpc) is 2.60. The number of hydrogen-bond acceptors (Lipinski definition) is 2. The van der Waals surface area contributed by atoms with Crippen LogP contribution >= 0.6 is 0 Å². The van der Waals surface area contributed by atoms with Crippen LogP contribution in [0.3, 0.4) is 0 Å². The highest BCUT2D eigenvalue weighted by atomic mass is 16.3. The molecule has 2 fully saturated rings. The maximum Gasteiger partial charge on any atom is 0.115 e. The number of likely N-dealkylation sites (tertiary alicyclic amines) is 1. The lowest BCUT2D eigenvalue weighted by molar-refractivity contribution is 0.0692. The van der Waals surface area contributed by atoms with Crippen molar-refractivity contribution in [3.63, 3.8) is 0 Å². The molecule has 96 valence electrons. The van der Waals surface area contributed by atoms with Gasteiger partial charge in [-0.15, -0.1) is 0 Å². The van der Waals surface area contributed by atoms with Crippen LogP contribution in [0.15, 0.2) is 18.2 Å². The first-order valence-corrected chi connectivity index (χ1v) is 7.25. The standard InChI is InChI=1S/C16H21NO/c1-17-10-12-8-11-5-6-13(18)9-15(11)16(17)7-3-2-4-14(12)16/h5-6,9,12,14,18H,2-4,7-8,10H2,1H3. The average molecular weight is 243 g/mol. The van der Waals surface area contributed by atoms with Crippen LogP contribution in [-0.2, 0) is 12.0 Å². The van der Waals surface area contributed by atoms with Crippen LogP contribution in [0.2, 0.25) is 0 Å². The van der Waals surface area contributed by atoms with Crippen LogP contribution in [0, 0.1) is 11.8 Å². The third-order valence-corrected chi connectivity index (χ3v) is 5.74. The number of phenols is 1. The van der Waals surface area contributed by atoms with Crippen molar-refractivity contribution in [1.29, 1.82) is 0 Å². The lowest BCUT2D eigenvalue weighted by Gasteiger charge is -2.48. The van der Waals surface area contributed by atoms with E-state index >= 15 is 0 Å². The second-order valence-electron chi connectivity index (χ2n) is 6.46. The molecule has 3 unspecified atom stereocenters. The summed E-state index contributed by atoms with van der Waals surface area (Å²) in [4.78, 5) is 2.59. The Bertz CT molecular complexity index is 498. The molecule has 3 atom stereocenters. The zero-order valence-corrected chi connectivity index (χ0v) is 11.0. The second-order valence-corrected chi connectivity index (χ2v) is 6.46. The highest BCUT2D eigenvalue weighted by Gasteiger charge is 2.56. The van der Waals surface area contributed by atoms with E-state index in [1.807, 2.05) is 12.1 Å². The molecule has 3 aliphatic rings. The number of benzene rings is 1. The van der Waals surface area contributed by atoms with E-state index in [0.717, 1.165) is 11.8 Å². The third-order valence-electron chi connectivity index (χ3n) is 5.74. The summed E-state index contributed by atoms with van der Waals surface area (Å²) in [6.45, 7) is 1.24. The SMILES string of the molecule is CN1CC2Cc3ccc(O)cc3C13CCCCC23. The summed E-state index contributed by atoms with van der Waals surface area (Å²) < 4.78 is 0. The van der Waals surface area contributed by atoms with Crippen molar-refractivity contribution in [2.45, 2.75) is 37.6 Å². The van der Waals surface area contributed by atoms with Crippen LogP contribution in [0.5, 0.6) is 5.75 Å². The van der Waals surface area contributed by atoms with Crippen molar-refractivity contribution in [3.8, 4) is 5.75 Å². The minimum absolute atomic E-state index is 0.245. The molecule has 2 aliphatic carbocycles. The van der Waals surface area contributed by atoms with Gasteiger partial charge in [-0.05, 0) is 61.4 Å². The quantitative estimate of drug-likeness (QED) is 0.757. The van der Waals surface area contributed by atoms with Crippen LogP contribution in [0.4, 0.5) is 0 Å². The maximum atomic E-state index is 9.87. The molecule has 2 bridgehead atoms. The Morgan fingerprint density at radius 2 is 2.22 bits per heavy atom. The number of fused-ring (bicyclic) bond motifs is 1. The van der Waals surface area contributed by atoms with E-state index in [2.05, 4.69) is 18.0 Å².